The van der Waals surface area contributed by atoms with E-state index in [2.05, 4.69) is 15.9 Å². The van der Waals surface area contributed by atoms with Crippen LogP contribution in [0.3, 0.4) is 0 Å². The lowest BCUT2D eigenvalue weighted by Crippen LogP contribution is -1.95. The summed E-state index contributed by atoms with van der Waals surface area (Å²) in [6.45, 7) is -0.347. The molecule has 0 aliphatic rings. The fourth-order valence-electron chi connectivity index (χ4n) is 1.58. The fourth-order valence-corrected chi connectivity index (χ4v) is 3.02. The maximum absolute atomic E-state index is 10.8. The summed E-state index contributed by atoms with van der Waals surface area (Å²) in [6, 6.07) is 12.5. The molecule has 0 radical (unpaired) electrons. The second-order valence-electron chi connectivity index (χ2n) is 3.74. The van der Waals surface area contributed by atoms with E-state index in [1.165, 1.54) is 17.8 Å². The summed E-state index contributed by atoms with van der Waals surface area (Å²) < 4.78 is 0.962. The Bertz CT molecular complexity index is 619. The predicted octanol–water partition coefficient (Wildman–Crippen LogP) is 4.00. The Hall–Kier alpha value is -1.37. The Morgan fingerprint density at radius 3 is 2.63 bits per heavy atom. The molecule has 1 N–H and O–H groups in total. The fraction of sp³-hybridized carbons (Fsp3) is 0.0769. The van der Waals surface area contributed by atoms with Crippen molar-refractivity contribution in [2.24, 2.45) is 0 Å². The number of aliphatic hydroxyl groups excluding tert-OH is 1. The second-order valence-corrected chi connectivity index (χ2v) is 5.71. The van der Waals surface area contributed by atoms with Crippen molar-refractivity contribution in [3.8, 4) is 0 Å². The van der Waals surface area contributed by atoms with Crippen LogP contribution in [0.5, 0.6) is 0 Å². The van der Waals surface area contributed by atoms with Crippen LogP contribution in [0.25, 0.3) is 0 Å². The number of nitrogens with zero attached hydrogens (tertiary/aromatic N) is 1. The summed E-state index contributed by atoms with van der Waals surface area (Å²) in [5.74, 6) is 0. The SMILES string of the molecule is O=[N+]([O-])c1ccc(Sc2ccccc2Br)cc1CO. The van der Waals surface area contributed by atoms with Crippen LogP contribution < -0.4 is 0 Å². The summed E-state index contributed by atoms with van der Waals surface area (Å²) in [4.78, 5) is 12.2. The highest BCUT2D eigenvalue weighted by atomic mass is 79.9. The summed E-state index contributed by atoms with van der Waals surface area (Å²) >= 11 is 4.93. The molecule has 98 valence electrons. The van der Waals surface area contributed by atoms with Crippen molar-refractivity contribution in [3.05, 3.63) is 62.6 Å². The smallest absolute Gasteiger partial charge is 0.274 e. The minimum Gasteiger partial charge on any atom is -0.391 e. The van der Waals surface area contributed by atoms with Crippen molar-refractivity contribution in [2.75, 3.05) is 0 Å². The molecule has 2 rings (SSSR count). The first-order valence-corrected chi connectivity index (χ1v) is 7.03. The maximum Gasteiger partial charge on any atom is 0.274 e. The van der Waals surface area contributed by atoms with Crippen LogP contribution >= 0.6 is 27.7 Å². The Balaban J connectivity index is 2.32. The highest BCUT2D eigenvalue weighted by Gasteiger charge is 2.14. The summed E-state index contributed by atoms with van der Waals surface area (Å²) in [5, 5.41) is 20.0. The lowest BCUT2D eigenvalue weighted by atomic mass is 10.2. The highest BCUT2D eigenvalue weighted by molar-refractivity contribution is 9.10. The molecule has 0 bridgehead atoms. The van der Waals surface area contributed by atoms with Crippen LogP contribution in [0.15, 0.2) is 56.7 Å². The number of benzene rings is 2. The third-order valence-corrected chi connectivity index (χ3v) is 4.50. The zero-order valence-corrected chi connectivity index (χ0v) is 12.1. The number of nitro benzene ring substituents is 1. The van der Waals surface area contributed by atoms with E-state index < -0.39 is 4.92 Å². The number of nitro groups is 1. The minimum atomic E-state index is -0.488. The van der Waals surface area contributed by atoms with E-state index in [0.717, 1.165) is 14.3 Å². The van der Waals surface area contributed by atoms with Gasteiger partial charge in [0, 0.05) is 20.3 Å². The van der Waals surface area contributed by atoms with Gasteiger partial charge in [0.05, 0.1) is 17.1 Å². The van der Waals surface area contributed by atoms with E-state index in [-0.39, 0.29) is 12.3 Å². The van der Waals surface area contributed by atoms with E-state index in [1.807, 2.05) is 24.3 Å². The molecule has 0 fully saturated rings. The molecule has 0 spiro atoms. The Morgan fingerprint density at radius 2 is 2.00 bits per heavy atom. The molecule has 0 aliphatic heterocycles. The van der Waals surface area contributed by atoms with Gasteiger partial charge in [-0.25, -0.2) is 0 Å². The van der Waals surface area contributed by atoms with Crippen molar-refractivity contribution < 1.29 is 10.0 Å². The third kappa shape index (κ3) is 3.34. The van der Waals surface area contributed by atoms with Crippen LogP contribution in [-0.2, 0) is 6.61 Å². The lowest BCUT2D eigenvalue weighted by Gasteiger charge is -2.06. The van der Waals surface area contributed by atoms with Gasteiger partial charge in [-0.1, -0.05) is 23.9 Å². The van der Waals surface area contributed by atoms with E-state index in [0.29, 0.717) is 5.56 Å². The number of rotatable bonds is 4. The molecule has 19 heavy (non-hydrogen) atoms. The number of hydrogen-bond donors (Lipinski definition) is 1. The molecule has 0 aliphatic carbocycles. The molecule has 0 saturated carbocycles. The van der Waals surface area contributed by atoms with Gasteiger partial charge in [-0.3, -0.25) is 10.1 Å². The number of hydrogen-bond acceptors (Lipinski definition) is 4. The average molecular weight is 340 g/mol. The van der Waals surface area contributed by atoms with Gasteiger partial charge in [-0.15, -0.1) is 0 Å². The molecule has 6 heteroatoms. The van der Waals surface area contributed by atoms with E-state index in [1.54, 1.807) is 12.1 Å². The molecule has 0 amide bonds. The largest absolute Gasteiger partial charge is 0.391 e. The Labute approximate surface area is 122 Å². The van der Waals surface area contributed by atoms with E-state index >= 15 is 0 Å². The van der Waals surface area contributed by atoms with E-state index in [4.69, 9.17) is 0 Å². The number of halogens is 1. The van der Waals surface area contributed by atoms with E-state index in [9.17, 15) is 15.2 Å². The molecule has 0 atom stereocenters. The van der Waals surface area contributed by atoms with Crippen molar-refractivity contribution in [2.45, 2.75) is 16.4 Å². The Morgan fingerprint density at radius 1 is 1.26 bits per heavy atom. The molecular weight excluding hydrogens is 330 g/mol. The first kappa shape index (κ1) is 14.0. The highest BCUT2D eigenvalue weighted by Crippen LogP contribution is 2.35. The molecule has 0 aromatic heterocycles. The predicted molar refractivity (Wildman–Crippen MR) is 77.3 cm³/mol. The monoisotopic (exact) mass is 339 g/mol. The summed E-state index contributed by atoms with van der Waals surface area (Å²) in [7, 11) is 0. The van der Waals surface area contributed by atoms with Crippen molar-refractivity contribution >= 4 is 33.4 Å². The summed E-state index contributed by atoms with van der Waals surface area (Å²) in [6.07, 6.45) is 0. The molecule has 0 unspecified atom stereocenters. The zero-order valence-electron chi connectivity index (χ0n) is 9.75. The first-order valence-electron chi connectivity index (χ1n) is 5.42. The Kier molecular flexibility index (Phi) is 4.57. The van der Waals surface area contributed by atoms with Gasteiger partial charge in [0.1, 0.15) is 0 Å². The quantitative estimate of drug-likeness (QED) is 0.675. The van der Waals surface area contributed by atoms with Crippen LogP contribution in [-0.4, -0.2) is 10.0 Å². The standard InChI is InChI=1S/C13H10BrNO3S/c14-11-3-1-2-4-13(11)19-10-5-6-12(15(17)18)9(7-10)8-16/h1-7,16H,8H2. The lowest BCUT2D eigenvalue weighted by molar-refractivity contribution is -0.385. The van der Waals surface area contributed by atoms with Gasteiger partial charge in [0.2, 0.25) is 0 Å². The average Bonchev–Trinajstić information content (AvgIpc) is 2.41. The maximum atomic E-state index is 10.8. The van der Waals surface area contributed by atoms with Crippen LogP contribution in [0, 0.1) is 10.1 Å². The van der Waals surface area contributed by atoms with Gasteiger partial charge in [-0.2, -0.15) is 0 Å². The van der Waals surface area contributed by atoms with Gasteiger partial charge in [0.25, 0.3) is 5.69 Å². The van der Waals surface area contributed by atoms with Crippen molar-refractivity contribution in [3.63, 3.8) is 0 Å². The molecule has 0 heterocycles. The number of aliphatic hydroxyl groups is 1. The zero-order chi connectivity index (χ0) is 13.8. The van der Waals surface area contributed by atoms with Crippen molar-refractivity contribution in [1.29, 1.82) is 0 Å². The first-order chi connectivity index (χ1) is 9.11. The normalized spacial score (nSPS) is 10.4. The van der Waals surface area contributed by atoms with Crippen molar-refractivity contribution in [1.82, 2.24) is 0 Å². The van der Waals surface area contributed by atoms with Crippen LogP contribution in [0.1, 0.15) is 5.56 Å². The second kappa shape index (κ2) is 6.18. The van der Waals surface area contributed by atoms with Gasteiger partial charge in [0.15, 0.2) is 0 Å². The van der Waals surface area contributed by atoms with Crippen LogP contribution in [0.2, 0.25) is 0 Å². The van der Waals surface area contributed by atoms with Crippen LogP contribution in [0.4, 0.5) is 5.69 Å². The molecule has 2 aromatic carbocycles. The molecule has 4 nitrogen and oxygen atoms in total. The van der Waals surface area contributed by atoms with Gasteiger partial charge < -0.3 is 5.11 Å². The molecule has 0 saturated heterocycles. The topological polar surface area (TPSA) is 63.4 Å². The third-order valence-electron chi connectivity index (χ3n) is 2.48. The van der Waals surface area contributed by atoms with Gasteiger partial charge >= 0.3 is 0 Å². The summed E-state index contributed by atoms with van der Waals surface area (Å²) in [5.41, 5.74) is 0.265. The van der Waals surface area contributed by atoms with Gasteiger partial charge in [-0.05, 0) is 40.2 Å². The minimum absolute atomic E-state index is 0.0565. The molecule has 2 aromatic rings. The molecular formula is C13H10BrNO3S.